The number of thiazole rings is 1. The highest BCUT2D eigenvalue weighted by Crippen LogP contribution is 2.27. The van der Waals surface area contributed by atoms with Crippen LogP contribution in [0.4, 0.5) is 0 Å². The first-order valence-corrected chi connectivity index (χ1v) is 10.1. The van der Waals surface area contributed by atoms with E-state index in [2.05, 4.69) is 57.8 Å². The summed E-state index contributed by atoms with van der Waals surface area (Å²) in [5.41, 5.74) is 2.52. The van der Waals surface area contributed by atoms with Crippen molar-refractivity contribution in [2.24, 2.45) is 0 Å². The number of piperidine rings is 1. The zero-order valence-electron chi connectivity index (χ0n) is 14.9. The Bertz CT molecular complexity index is 663. The maximum atomic E-state index is 12.1. The molecule has 3 rings (SSSR count). The smallest absolute Gasteiger partial charge is 0.234 e. The van der Waals surface area contributed by atoms with Crippen LogP contribution in [-0.4, -0.2) is 42.0 Å². The lowest BCUT2D eigenvalue weighted by molar-refractivity contribution is -0.122. The van der Waals surface area contributed by atoms with Gasteiger partial charge in [0, 0.05) is 18.3 Å². The molecule has 25 heavy (non-hydrogen) atoms. The van der Waals surface area contributed by atoms with Crippen LogP contribution < -0.4 is 5.32 Å². The van der Waals surface area contributed by atoms with Crippen molar-refractivity contribution < 1.29 is 4.79 Å². The van der Waals surface area contributed by atoms with Crippen LogP contribution in [0.15, 0.2) is 35.7 Å². The highest BCUT2D eigenvalue weighted by molar-refractivity contribution is 7.09. The van der Waals surface area contributed by atoms with Gasteiger partial charge in [0.2, 0.25) is 5.91 Å². The molecule has 1 N–H and O–H groups in total. The molecule has 2 aromatic rings. The largest absolute Gasteiger partial charge is 0.355 e. The van der Waals surface area contributed by atoms with E-state index in [4.69, 9.17) is 0 Å². The third-order valence-corrected chi connectivity index (χ3v) is 5.87. The van der Waals surface area contributed by atoms with Gasteiger partial charge in [-0.05, 0) is 43.8 Å². The molecule has 0 radical (unpaired) electrons. The highest BCUT2D eigenvalue weighted by atomic mass is 32.1. The Labute approximate surface area is 154 Å². The van der Waals surface area contributed by atoms with Gasteiger partial charge in [-0.2, -0.15) is 0 Å². The maximum Gasteiger partial charge on any atom is 0.234 e. The fraction of sp³-hybridized carbons (Fsp3) is 0.500. The second kappa shape index (κ2) is 9.11. The molecule has 0 saturated carbocycles. The van der Waals surface area contributed by atoms with Crippen molar-refractivity contribution in [2.75, 3.05) is 26.2 Å². The van der Waals surface area contributed by atoms with Gasteiger partial charge in [0.15, 0.2) is 0 Å². The molecule has 2 heterocycles. The second-order valence-corrected chi connectivity index (χ2v) is 7.59. The van der Waals surface area contributed by atoms with Gasteiger partial charge in [0.05, 0.1) is 17.2 Å². The number of hydrogen-bond acceptors (Lipinski definition) is 4. The molecule has 1 aliphatic heterocycles. The number of rotatable bonds is 7. The van der Waals surface area contributed by atoms with Gasteiger partial charge < -0.3 is 5.32 Å². The summed E-state index contributed by atoms with van der Waals surface area (Å²) in [4.78, 5) is 18.9. The van der Waals surface area contributed by atoms with Crippen LogP contribution in [0.25, 0.3) is 0 Å². The zero-order valence-corrected chi connectivity index (χ0v) is 15.7. The quantitative estimate of drug-likeness (QED) is 0.827. The molecular formula is C20H27N3OS. The number of hydrogen-bond donors (Lipinski definition) is 1. The number of benzene rings is 1. The number of amides is 1. The Morgan fingerprint density at radius 1 is 1.28 bits per heavy atom. The molecule has 5 heteroatoms. The zero-order chi connectivity index (χ0) is 17.5. The van der Waals surface area contributed by atoms with Crippen molar-refractivity contribution in [3.05, 3.63) is 52.0 Å². The minimum atomic E-state index is 0.129. The van der Waals surface area contributed by atoms with Crippen LogP contribution in [0.3, 0.4) is 0 Å². The van der Waals surface area contributed by atoms with Crippen LogP contribution in [0, 0.1) is 0 Å². The van der Waals surface area contributed by atoms with E-state index in [0.717, 1.165) is 44.5 Å². The monoisotopic (exact) mass is 357 g/mol. The molecule has 0 aliphatic carbocycles. The first-order valence-electron chi connectivity index (χ1n) is 9.22. The Kier molecular flexibility index (Phi) is 6.59. The van der Waals surface area contributed by atoms with Gasteiger partial charge in [-0.1, -0.05) is 37.3 Å². The minimum Gasteiger partial charge on any atom is -0.355 e. The van der Waals surface area contributed by atoms with Crippen LogP contribution in [0.2, 0.25) is 0 Å². The molecule has 1 aromatic carbocycles. The molecule has 1 fully saturated rings. The number of nitrogens with one attached hydrogen (secondary N) is 1. The Morgan fingerprint density at radius 3 is 2.72 bits per heavy atom. The predicted octanol–water partition coefficient (Wildman–Crippen LogP) is 3.24. The summed E-state index contributed by atoms with van der Waals surface area (Å²) in [5, 5.41) is 6.30. The van der Waals surface area contributed by atoms with Gasteiger partial charge in [0.25, 0.3) is 0 Å². The van der Waals surface area contributed by atoms with Crippen molar-refractivity contribution in [2.45, 2.75) is 38.5 Å². The molecule has 1 aliphatic rings. The topological polar surface area (TPSA) is 45.2 Å². The van der Waals surface area contributed by atoms with E-state index in [1.807, 2.05) is 0 Å². The summed E-state index contributed by atoms with van der Waals surface area (Å²) in [5.74, 6) is 0.766. The van der Waals surface area contributed by atoms with Crippen molar-refractivity contribution in [3.8, 4) is 0 Å². The van der Waals surface area contributed by atoms with Gasteiger partial charge >= 0.3 is 0 Å². The molecule has 1 saturated heterocycles. The van der Waals surface area contributed by atoms with Crippen LogP contribution in [0.1, 0.15) is 41.9 Å². The van der Waals surface area contributed by atoms with Crippen molar-refractivity contribution in [1.29, 1.82) is 0 Å². The lowest BCUT2D eigenvalue weighted by Gasteiger charge is -2.31. The molecule has 1 aromatic heterocycles. The normalized spacial score (nSPS) is 16.0. The van der Waals surface area contributed by atoms with Crippen LogP contribution in [-0.2, 0) is 17.6 Å². The Hall–Kier alpha value is -1.72. The third kappa shape index (κ3) is 5.38. The number of likely N-dealkylation sites (tertiary alicyclic amines) is 1. The predicted molar refractivity (Wildman–Crippen MR) is 103 cm³/mol. The molecule has 0 atom stereocenters. The summed E-state index contributed by atoms with van der Waals surface area (Å²) in [6, 6.07) is 10.7. The molecule has 4 nitrogen and oxygen atoms in total. The fourth-order valence-corrected chi connectivity index (χ4v) is 4.14. The fourth-order valence-electron chi connectivity index (χ4n) is 3.36. The van der Waals surface area contributed by atoms with Crippen LogP contribution in [0.5, 0.6) is 0 Å². The van der Waals surface area contributed by atoms with E-state index in [0.29, 0.717) is 19.0 Å². The Balaban J connectivity index is 1.35. The van der Waals surface area contributed by atoms with Gasteiger partial charge in [-0.15, -0.1) is 11.3 Å². The standard InChI is InChI=1S/C20H27N3OS/c1-2-20-22-18(15-25-20)8-11-21-19(24)14-23-12-9-17(10-13-23)16-6-4-3-5-7-16/h3-7,15,17H,2,8-14H2,1H3,(H,21,24). The van der Waals surface area contributed by atoms with E-state index in [1.165, 1.54) is 10.6 Å². The number of aryl methyl sites for hydroxylation is 1. The number of carbonyl (C=O) groups excluding carboxylic acids is 1. The van der Waals surface area contributed by atoms with Gasteiger partial charge in [-0.25, -0.2) is 4.98 Å². The van der Waals surface area contributed by atoms with Crippen molar-refractivity contribution in [3.63, 3.8) is 0 Å². The third-order valence-electron chi connectivity index (χ3n) is 4.83. The number of carbonyl (C=O) groups is 1. The average Bonchev–Trinajstić information content (AvgIpc) is 3.11. The molecular weight excluding hydrogens is 330 g/mol. The van der Waals surface area contributed by atoms with Gasteiger partial charge in [0.1, 0.15) is 0 Å². The summed E-state index contributed by atoms with van der Waals surface area (Å²) in [7, 11) is 0. The SMILES string of the molecule is CCc1nc(CCNC(=O)CN2CCC(c3ccccc3)CC2)cs1. The summed E-state index contributed by atoms with van der Waals surface area (Å²) in [6.45, 7) is 5.30. The second-order valence-electron chi connectivity index (χ2n) is 6.65. The maximum absolute atomic E-state index is 12.1. The molecule has 0 unspecified atom stereocenters. The van der Waals surface area contributed by atoms with E-state index in [1.54, 1.807) is 11.3 Å². The van der Waals surface area contributed by atoms with Crippen molar-refractivity contribution >= 4 is 17.2 Å². The lowest BCUT2D eigenvalue weighted by Crippen LogP contribution is -2.41. The van der Waals surface area contributed by atoms with Crippen LogP contribution >= 0.6 is 11.3 Å². The summed E-state index contributed by atoms with van der Waals surface area (Å²) in [6.07, 6.45) is 4.07. The van der Waals surface area contributed by atoms with E-state index < -0.39 is 0 Å². The van der Waals surface area contributed by atoms with E-state index in [9.17, 15) is 4.79 Å². The number of nitrogens with zero attached hydrogens (tertiary/aromatic N) is 2. The Morgan fingerprint density at radius 2 is 2.04 bits per heavy atom. The molecule has 1 amide bonds. The van der Waals surface area contributed by atoms with E-state index in [-0.39, 0.29) is 5.91 Å². The summed E-state index contributed by atoms with van der Waals surface area (Å²) < 4.78 is 0. The van der Waals surface area contributed by atoms with Gasteiger partial charge in [-0.3, -0.25) is 9.69 Å². The molecule has 0 spiro atoms. The van der Waals surface area contributed by atoms with E-state index >= 15 is 0 Å². The van der Waals surface area contributed by atoms with Crippen molar-refractivity contribution in [1.82, 2.24) is 15.2 Å². The highest BCUT2D eigenvalue weighted by Gasteiger charge is 2.21. The first kappa shape index (κ1) is 18.1. The number of aromatic nitrogens is 1. The summed E-state index contributed by atoms with van der Waals surface area (Å²) >= 11 is 1.70. The minimum absolute atomic E-state index is 0.129. The first-order chi connectivity index (χ1) is 12.2. The molecule has 134 valence electrons. The average molecular weight is 358 g/mol. The lowest BCUT2D eigenvalue weighted by atomic mass is 9.89. The molecule has 0 bridgehead atoms.